The van der Waals surface area contributed by atoms with Gasteiger partial charge in [0.25, 0.3) is 0 Å². The zero-order valence-corrected chi connectivity index (χ0v) is 15.4. The van der Waals surface area contributed by atoms with Crippen LogP contribution in [0.3, 0.4) is 0 Å². The highest BCUT2D eigenvalue weighted by Gasteiger charge is 2.28. The molecule has 1 aromatic heterocycles. The van der Waals surface area contributed by atoms with Crippen LogP contribution in [-0.4, -0.2) is 11.8 Å². The molecule has 2 aromatic carbocycles. The minimum Gasteiger partial charge on any atom is -0.452 e. The van der Waals surface area contributed by atoms with Crippen molar-refractivity contribution < 1.29 is 19.1 Å². The van der Waals surface area contributed by atoms with Gasteiger partial charge in [0.1, 0.15) is 16.4 Å². The van der Waals surface area contributed by atoms with Gasteiger partial charge >= 0.3 is 5.97 Å². The summed E-state index contributed by atoms with van der Waals surface area (Å²) in [6.07, 6.45) is 2.68. The van der Waals surface area contributed by atoms with Gasteiger partial charge in [-0.1, -0.05) is 37.3 Å². The monoisotopic (exact) mass is 376 g/mol. The predicted molar refractivity (Wildman–Crippen MR) is 104 cm³/mol. The van der Waals surface area contributed by atoms with E-state index in [1.54, 1.807) is 36.4 Å². The molecule has 0 radical (unpaired) electrons. The molecule has 0 saturated carbocycles. The number of benzene rings is 2. The van der Waals surface area contributed by atoms with Crippen molar-refractivity contribution in [2.45, 2.75) is 13.3 Å². The van der Waals surface area contributed by atoms with Crippen LogP contribution < -0.4 is 9.47 Å². The summed E-state index contributed by atoms with van der Waals surface area (Å²) >= 11 is 1.31. The topological polar surface area (TPSA) is 52.6 Å². The first-order valence-corrected chi connectivity index (χ1v) is 9.45. The third kappa shape index (κ3) is 3.55. The standard InChI is InChI=1S/C22H16O4S/c1-2-14-5-7-15(8-6-14)12-19-21(23)17-10-9-16(13-18(17)26-19)25-22(24)20-4-3-11-27-20/h3-13H,2H2,1H3. The number of hydrogen-bond acceptors (Lipinski definition) is 5. The fourth-order valence-electron chi connectivity index (χ4n) is 2.78. The summed E-state index contributed by atoms with van der Waals surface area (Å²) in [5, 5.41) is 1.81. The Balaban J connectivity index is 1.54. The van der Waals surface area contributed by atoms with Crippen LogP contribution >= 0.6 is 11.3 Å². The van der Waals surface area contributed by atoms with Crippen LogP contribution in [0.25, 0.3) is 6.08 Å². The summed E-state index contributed by atoms with van der Waals surface area (Å²) in [4.78, 5) is 25.1. The molecule has 2 heterocycles. The maximum atomic E-state index is 12.5. The molecule has 0 unspecified atom stereocenters. The molecule has 0 bridgehead atoms. The van der Waals surface area contributed by atoms with Crippen LogP contribution in [0.2, 0.25) is 0 Å². The molecule has 1 aliphatic heterocycles. The third-order valence-electron chi connectivity index (χ3n) is 4.26. The molecule has 5 heteroatoms. The molecule has 4 nitrogen and oxygen atoms in total. The van der Waals surface area contributed by atoms with E-state index in [2.05, 4.69) is 6.92 Å². The fourth-order valence-corrected chi connectivity index (χ4v) is 3.38. The smallest absolute Gasteiger partial charge is 0.353 e. The molecular weight excluding hydrogens is 360 g/mol. The van der Waals surface area contributed by atoms with E-state index in [1.807, 2.05) is 29.6 Å². The molecule has 0 spiro atoms. The minimum atomic E-state index is -0.430. The predicted octanol–water partition coefficient (Wildman–Crippen LogP) is 5.15. The van der Waals surface area contributed by atoms with Gasteiger partial charge in [0.05, 0.1) is 5.56 Å². The molecule has 27 heavy (non-hydrogen) atoms. The first-order valence-electron chi connectivity index (χ1n) is 8.57. The van der Waals surface area contributed by atoms with Crippen molar-refractivity contribution in [2.24, 2.45) is 0 Å². The van der Waals surface area contributed by atoms with Gasteiger partial charge in [0.2, 0.25) is 5.78 Å². The largest absolute Gasteiger partial charge is 0.452 e. The Labute approximate surface area is 160 Å². The number of thiophene rings is 1. The average molecular weight is 376 g/mol. The van der Waals surface area contributed by atoms with Crippen molar-refractivity contribution in [1.29, 1.82) is 0 Å². The van der Waals surface area contributed by atoms with E-state index in [9.17, 15) is 9.59 Å². The maximum absolute atomic E-state index is 12.5. The lowest BCUT2D eigenvalue weighted by Crippen LogP contribution is -2.06. The molecular formula is C22H16O4S. The van der Waals surface area contributed by atoms with Gasteiger partial charge in [0, 0.05) is 6.07 Å². The number of ether oxygens (including phenoxy) is 2. The molecule has 0 saturated heterocycles. The highest BCUT2D eigenvalue weighted by molar-refractivity contribution is 7.12. The highest BCUT2D eigenvalue weighted by atomic mass is 32.1. The van der Waals surface area contributed by atoms with E-state index < -0.39 is 5.97 Å². The number of esters is 1. The van der Waals surface area contributed by atoms with E-state index in [0.717, 1.165) is 12.0 Å². The van der Waals surface area contributed by atoms with E-state index in [0.29, 0.717) is 21.9 Å². The van der Waals surface area contributed by atoms with E-state index in [4.69, 9.17) is 9.47 Å². The van der Waals surface area contributed by atoms with E-state index in [1.165, 1.54) is 16.9 Å². The summed E-state index contributed by atoms with van der Waals surface area (Å²) in [5.41, 5.74) is 2.59. The zero-order chi connectivity index (χ0) is 18.8. The SMILES string of the molecule is CCc1ccc(C=C2Oc3cc(OC(=O)c4cccs4)ccc3C2=O)cc1. The number of carbonyl (C=O) groups excluding carboxylic acids is 2. The Morgan fingerprint density at radius 3 is 2.67 bits per heavy atom. The minimum absolute atomic E-state index is 0.180. The van der Waals surface area contributed by atoms with Crippen LogP contribution in [0, 0.1) is 0 Å². The lowest BCUT2D eigenvalue weighted by atomic mass is 10.1. The maximum Gasteiger partial charge on any atom is 0.353 e. The third-order valence-corrected chi connectivity index (χ3v) is 5.11. The van der Waals surface area contributed by atoms with Crippen molar-refractivity contribution >= 4 is 29.2 Å². The number of carbonyl (C=O) groups is 2. The van der Waals surface area contributed by atoms with Crippen molar-refractivity contribution in [2.75, 3.05) is 0 Å². The molecule has 1 aliphatic rings. The van der Waals surface area contributed by atoms with Crippen molar-refractivity contribution in [3.8, 4) is 11.5 Å². The van der Waals surface area contributed by atoms with Gasteiger partial charge in [-0.25, -0.2) is 4.79 Å². The first kappa shape index (κ1) is 17.2. The second kappa shape index (κ2) is 7.21. The molecule has 134 valence electrons. The Morgan fingerprint density at radius 2 is 1.96 bits per heavy atom. The summed E-state index contributed by atoms with van der Waals surface area (Å²) in [5.74, 6) is 0.388. The summed E-state index contributed by atoms with van der Waals surface area (Å²) in [6, 6.07) is 16.3. The second-order valence-corrected chi connectivity index (χ2v) is 7.01. The zero-order valence-electron chi connectivity index (χ0n) is 14.6. The summed E-state index contributed by atoms with van der Waals surface area (Å²) in [6.45, 7) is 2.09. The number of fused-ring (bicyclic) bond motifs is 1. The number of hydrogen-bond donors (Lipinski definition) is 0. The first-order chi connectivity index (χ1) is 13.1. The normalized spacial score (nSPS) is 14.1. The number of rotatable bonds is 4. The Kier molecular flexibility index (Phi) is 4.60. The number of aryl methyl sites for hydroxylation is 1. The number of Topliss-reactive ketones (excluding diaryl/α,β-unsaturated/α-hetero) is 1. The molecule has 0 amide bonds. The lowest BCUT2D eigenvalue weighted by molar-refractivity contribution is 0.0739. The van der Waals surface area contributed by atoms with Crippen LogP contribution in [0.1, 0.15) is 38.1 Å². The molecule has 0 fully saturated rings. The number of allylic oxidation sites excluding steroid dienone is 1. The summed E-state index contributed by atoms with van der Waals surface area (Å²) < 4.78 is 11.1. The molecule has 0 atom stereocenters. The molecule has 0 N–H and O–H groups in total. The summed E-state index contributed by atoms with van der Waals surface area (Å²) in [7, 11) is 0. The molecule has 0 aliphatic carbocycles. The lowest BCUT2D eigenvalue weighted by Gasteiger charge is -2.04. The Bertz CT molecular complexity index is 1030. The van der Waals surface area contributed by atoms with Crippen LogP contribution in [0.5, 0.6) is 11.5 Å². The van der Waals surface area contributed by atoms with Gasteiger partial charge in [-0.2, -0.15) is 0 Å². The van der Waals surface area contributed by atoms with Gasteiger partial charge in [-0.3, -0.25) is 4.79 Å². The second-order valence-electron chi connectivity index (χ2n) is 6.06. The number of ketones is 1. The van der Waals surface area contributed by atoms with Crippen LogP contribution in [0.4, 0.5) is 0 Å². The Morgan fingerprint density at radius 1 is 1.15 bits per heavy atom. The fraction of sp³-hybridized carbons (Fsp3) is 0.0909. The Hall–Kier alpha value is -3.18. The average Bonchev–Trinajstić information content (AvgIpc) is 3.32. The molecule has 3 aromatic rings. The van der Waals surface area contributed by atoms with Crippen molar-refractivity contribution in [3.05, 3.63) is 87.3 Å². The highest BCUT2D eigenvalue weighted by Crippen LogP contribution is 2.35. The van der Waals surface area contributed by atoms with Crippen molar-refractivity contribution in [3.63, 3.8) is 0 Å². The van der Waals surface area contributed by atoms with Gasteiger partial charge in [0.15, 0.2) is 5.76 Å². The quantitative estimate of drug-likeness (QED) is 0.359. The van der Waals surface area contributed by atoms with Crippen LogP contribution in [-0.2, 0) is 6.42 Å². The van der Waals surface area contributed by atoms with Crippen LogP contribution in [0.15, 0.2) is 65.7 Å². The van der Waals surface area contributed by atoms with Crippen molar-refractivity contribution in [1.82, 2.24) is 0 Å². The van der Waals surface area contributed by atoms with Gasteiger partial charge in [-0.15, -0.1) is 11.3 Å². The van der Waals surface area contributed by atoms with E-state index in [-0.39, 0.29) is 11.5 Å². The van der Waals surface area contributed by atoms with Gasteiger partial charge in [-0.05, 0) is 47.2 Å². The molecule has 4 rings (SSSR count). The van der Waals surface area contributed by atoms with E-state index >= 15 is 0 Å². The van der Waals surface area contributed by atoms with Gasteiger partial charge < -0.3 is 9.47 Å².